The van der Waals surface area contributed by atoms with Gasteiger partial charge in [-0.15, -0.1) is 0 Å². The SMILES string of the molecule is CCC(OC(C)O)C(C)C. The van der Waals surface area contributed by atoms with Gasteiger partial charge in [0, 0.05) is 0 Å². The Kier molecular flexibility index (Phi) is 4.65. The summed E-state index contributed by atoms with van der Waals surface area (Å²) in [6.07, 6.45) is 0.523. The van der Waals surface area contributed by atoms with E-state index in [0.717, 1.165) is 6.42 Å². The number of hydrogen-bond acceptors (Lipinski definition) is 2. The Morgan fingerprint density at radius 2 is 1.80 bits per heavy atom. The van der Waals surface area contributed by atoms with Crippen molar-refractivity contribution < 1.29 is 9.84 Å². The zero-order valence-electron chi connectivity index (χ0n) is 7.29. The molecule has 0 spiro atoms. The molecule has 0 rings (SSSR count). The van der Waals surface area contributed by atoms with Crippen molar-refractivity contribution >= 4 is 0 Å². The second-order valence-corrected chi connectivity index (χ2v) is 2.93. The Hall–Kier alpha value is -0.0800. The van der Waals surface area contributed by atoms with Gasteiger partial charge in [0.2, 0.25) is 0 Å². The normalized spacial score (nSPS) is 17.4. The highest BCUT2D eigenvalue weighted by atomic mass is 16.6. The van der Waals surface area contributed by atoms with E-state index in [1.54, 1.807) is 6.92 Å². The Morgan fingerprint density at radius 3 is 1.90 bits per heavy atom. The molecule has 2 heteroatoms. The van der Waals surface area contributed by atoms with Crippen LogP contribution >= 0.6 is 0 Å². The highest BCUT2D eigenvalue weighted by molar-refractivity contribution is 4.59. The maximum Gasteiger partial charge on any atom is 0.152 e. The standard InChI is InChI=1S/C8H18O2/c1-5-8(6(2)3)10-7(4)9/h6-9H,5H2,1-4H3. The van der Waals surface area contributed by atoms with Crippen LogP contribution in [0.15, 0.2) is 0 Å². The fourth-order valence-corrected chi connectivity index (χ4v) is 0.978. The van der Waals surface area contributed by atoms with Gasteiger partial charge in [-0.1, -0.05) is 20.8 Å². The van der Waals surface area contributed by atoms with Crippen molar-refractivity contribution in [3.05, 3.63) is 0 Å². The molecule has 0 aromatic heterocycles. The molecular formula is C8H18O2. The quantitative estimate of drug-likeness (QED) is 0.612. The van der Waals surface area contributed by atoms with E-state index in [1.165, 1.54) is 0 Å². The van der Waals surface area contributed by atoms with Crippen LogP contribution in [0.3, 0.4) is 0 Å². The van der Waals surface area contributed by atoms with Crippen molar-refractivity contribution in [3.8, 4) is 0 Å². The highest BCUT2D eigenvalue weighted by Crippen LogP contribution is 2.11. The summed E-state index contributed by atoms with van der Waals surface area (Å²) in [4.78, 5) is 0. The van der Waals surface area contributed by atoms with Gasteiger partial charge < -0.3 is 9.84 Å². The van der Waals surface area contributed by atoms with Crippen molar-refractivity contribution in [1.82, 2.24) is 0 Å². The molecule has 0 radical (unpaired) electrons. The van der Waals surface area contributed by atoms with Crippen LogP contribution in [0.25, 0.3) is 0 Å². The van der Waals surface area contributed by atoms with E-state index in [9.17, 15) is 0 Å². The molecule has 0 aromatic rings. The van der Waals surface area contributed by atoms with Crippen LogP contribution < -0.4 is 0 Å². The second kappa shape index (κ2) is 4.69. The Morgan fingerprint density at radius 1 is 1.30 bits per heavy atom. The summed E-state index contributed by atoms with van der Waals surface area (Å²) in [6.45, 7) is 7.89. The lowest BCUT2D eigenvalue weighted by atomic mass is 10.1. The summed E-state index contributed by atoms with van der Waals surface area (Å²) in [5.74, 6) is 0.486. The van der Waals surface area contributed by atoms with Gasteiger partial charge in [0.25, 0.3) is 0 Å². The van der Waals surface area contributed by atoms with Crippen LogP contribution in [0.4, 0.5) is 0 Å². The third kappa shape index (κ3) is 3.85. The molecule has 62 valence electrons. The van der Waals surface area contributed by atoms with E-state index < -0.39 is 6.29 Å². The van der Waals surface area contributed by atoms with Crippen molar-refractivity contribution in [2.75, 3.05) is 0 Å². The Balaban J connectivity index is 3.60. The molecule has 0 fully saturated rings. The van der Waals surface area contributed by atoms with Crippen LogP contribution in [0.5, 0.6) is 0 Å². The number of ether oxygens (including phenoxy) is 1. The molecule has 0 aromatic carbocycles. The minimum absolute atomic E-state index is 0.194. The average molecular weight is 146 g/mol. The van der Waals surface area contributed by atoms with Gasteiger partial charge in [-0.25, -0.2) is 0 Å². The minimum atomic E-state index is -0.632. The lowest BCUT2D eigenvalue weighted by molar-refractivity contribution is -0.137. The van der Waals surface area contributed by atoms with Gasteiger partial charge in [0.1, 0.15) is 0 Å². The summed E-state index contributed by atoms with van der Waals surface area (Å²) in [6, 6.07) is 0. The third-order valence-corrected chi connectivity index (χ3v) is 1.52. The van der Waals surface area contributed by atoms with E-state index >= 15 is 0 Å². The molecular weight excluding hydrogens is 128 g/mol. The van der Waals surface area contributed by atoms with Crippen molar-refractivity contribution in [3.63, 3.8) is 0 Å². The predicted octanol–water partition coefficient (Wildman–Crippen LogP) is 1.78. The lowest BCUT2D eigenvalue weighted by Crippen LogP contribution is -2.23. The van der Waals surface area contributed by atoms with E-state index in [2.05, 4.69) is 20.8 Å². The van der Waals surface area contributed by atoms with Crippen molar-refractivity contribution in [2.24, 2.45) is 5.92 Å². The largest absolute Gasteiger partial charge is 0.368 e. The summed E-state index contributed by atoms with van der Waals surface area (Å²) in [5.41, 5.74) is 0. The van der Waals surface area contributed by atoms with Gasteiger partial charge in [-0.05, 0) is 19.3 Å². The van der Waals surface area contributed by atoms with Crippen molar-refractivity contribution in [1.29, 1.82) is 0 Å². The van der Waals surface area contributed by atoms with Crippen LogP contribution in [-0.4, -0.2) is 17.5 Å². The van der Waals surface area contributed by atoms with Crippen LogP contribution in [0, 0.1) is 5.92 Å². The molecule has 0 bridgehead atoms. The molecule has 1 N–H and O–H groups in total. The molecule has 0 aliphatic heterocycles. The number of rotatable bonds is 4. The smallest absolute Gasteiger partial charge is 0.152 e. The first kappa shape index (κ1) is 9.92. The predicted molar refractivity (Wildman–Crippen MR) is 41.7 cm³/mol. The molecule has 0 aliphatic rings. The first-order valence-corrected chi connectivity index (χ1v) is 3.91. The molecule has 0 amide bonds. The molecule has 0 aliphatic carbocycles. The first-order valence-electron chi connectivity index (χ1n) is 3.91. The highest BCUT2D eigenvalue weighted by Gasteiger charge is 2.12. The van der Waals surface area contributed by atoms with Gasteiger partial charge in [-0.3, -0.25) is 0 Å². The molecule has 0 saturated heterocycles. The van der Waals surface area contributed by atoms with Crippen LogP contribution in [0.1, 0.15) is 34.1 Å². The van der Waals surface area contributed by atoms with E-state index in [0.29, 0.717) is 5.92 Å². The minimum Gasteiger partial charge on any atom is -0.368 e. The molecule has 0 heterocycles. The molecule has 2 nitrogen and oxygen atoms in total. The molecule has 10 heavy (non-hydrogen) atoms. The van der Waals surface area contributed by atoms with Gasteiger partial charge in [-0.2, -0.15) is 0 Å². The third-order valence-electron chi connectivity index (χ3n) is 1.52. The van der Waals surface area contributed by atoms with Gasteiger partial charge in [0.05, 0.1) is 6.10 Å². The molecule has 2 unspecified atom stereocenters. The summed E-state index contributed by atoms with van der Waals surface area (Å²) < 4.78 is 5.22. The van der Waals surface area contributed by atoms with E-state index in [-0.39, 0.29) is 6.10 Å². The van der Waals surface area contributed by atoms with Crippen LogP contribution in [-0.2, 0) is 4.74 Å². The zero-order valence-corrected chi connectivity index (χ0v) is 7.29. The molecule has 0 saturated carbocycles. The monoisotopic (exact) mass is 146 g/mol. The zero-order chi connectivity index (χ0) is 8.15. The Bertz CT molecular complexity index is 79.3. The van der Waals surface area contributed by atoms with Gasteiger partial charge in [0.15, 0.2) is 6.29 Å². The van der Waals surface area contributed by atoms with Crippen molar-refractivity contribution in [2.45, 2.75) is 46.5 Å². The van der Waals surface area contributed by atoms with Crippen LogP contribution in [0.2, 0.25) is 0 Å². The molecule has 2 atom stereocenters. The number of hydrogen-bond donors (Lipinski definition) is 1. The summed E-state index contributed by atoms with van der Waals surface area (Å²) in [7, 11) is 0. The Labute approximate surface area is 63.2 Å². The van der Waals surface area contributed by atoms with E-state index in [4.69, 9.17) is 9.84 Å². The summed E-state index contributed by atoms with van der Waals surface area (Å²) >= 11 is 0. The number of aliphatic hydroxyl groups is 1. The second-order valence-electron chi connectivity index (χ2n) is 2.93. The number of aliphatic hydroxyl groups excluding tert-OH is 1. The summed E-state index contributed by atoms with van der Waals surface area (Å²) in [5, 5.41) is 8.88. The van der Waals surface area contributed by atoms with E-state index in [1.807, 2.05) is 0 Å². The first-order chi connectivity index (χ1) is 4.57. The average Bonchev–Trinajstić information content (AvgIpc) is 1.81. The lowest BCUT2D eigenvalue weighted by Gasteiger charge is -2.21. The topological polar surface area (TPSA) is 29.5 Å². The maximum atomic E-state index is 8.88. The van der Waals surface area contributed by atoms with Gasteiger partial charge >= 0.3 is 0 Å². The fourth-order valence-electron chi connectivity index (χ4n) is 0.978. The maximum absolute atomic E-state index is 8.88. The fraction of sp³-hybridized carbons (Fsp3) is 1.00.